The van der Waals surface area contributed by atoms with Crippen LogP contribution in [0.2, 0.25) is 0 Å². The van der Waals surface area contributed by atoms with E-state index < -0.39 is 0 Å². The molecule has 1 unspecified atom stereocenters. The molecular weight excluding hydrogens is 206 g/mol. The van der Waals surface area contributed by atoms with E-state index in [-0.39, 0.29) is 10.6 Å². The molecule has 0 bridgehead atoms. The number of benzene rings is 1. The highest BCUT2D eigenvalue weighted by molar-refractivity contribution is 5.63. The standard InChI is InChI=1S/C11H17N3O2/c1-4-8(2)13-10-5-9(12-3)6-11(7-10)14(15)16/h5-8,12-13H,4H2,1-3H3. The maximum absolute atomic E-state index is 10.7. The lowest BCUT2D eigenvalue weighted by atomic mass is 10.2. The van der Waals surface area contributed by atoms with Crippen molar-refractivity contribution in [3.63, 3.8) is 0 Å². The number of hydrogen-bond acceptors (Lipinski definition) is 4. The second kappa shape index (κ2) is 5.34. The molecule has 0 amide bonds. The van der Waals surface area contributed by atoms with Gasteiger partial charge in [-0.25, -0.2) is 0 Å². The molecule has 88 valence electrons. The van der Waals surface area contributed by atoms with Crippen LogP contribution in [0.3, 0.4) is 0 Å². The van der Waals surface area contributed by atoms with Gasteiger partial charge in [0.1, 0.15) is 0 Å². The van der Waals surface area contributed by atoms with Crippen molar-refractivity contribution in [1.82, 2.24) is 0 Å². The Balaban J connectivity index is 2.99. The summed E-state index contributed by atoms with van der Waals surface area (Å²) in [6.45, 7) is 4.10. The van der Waals surface area contributed by atoms with Crippen LogP contribution in [-0.2, 0) is 0 Å². The zero-order valence-electron chi connectivity index (χ0n) is 9.78. The third-order valence-electron chi connectivity index (χ3n) is 2.44. The Morgan fingerprint density at radius 2 is 2.00 bits per heavy atom. The molecule has 1 aromatic carbocycles. The first-order chi connectivity index (χ1) is 7.56. The number of nitrogens with zero attached hydrogens (tertiary/aromatic N) is 1. The molecule has 0 aliphatic rings. The van der Waals surface area contributed by atoms with Crippen molar-refractivity contribution in [1.29, 1.82) is 0 Å². The Hall–Kier alpha value is -1.78. The highest BCUT2D eigenvalue weighted by atomic mass is 16.6. The average Bonchev–Trinajstić information content (AvgIpc) is 2.28. The van der Waals surface area contributed by atoms with E-state index in [0.717, 1.165) is 17.8 Å². The van der Waals surface area contributed by atoms with Crippen LogP contribution in [0.4, 0.5) is 17.1 Å². The molecule has 0 heterocycles. The fraction of sp³-hybridized carbons (Fsp3) is 0.455. The van der Waals surface area contributed by atoms with Gasteiger partial charge in [0, 0.05) is 36.6 Å². The lowest BCUT2D eigenvalue weighted by molar-refractivity contribution is -0.384. The van der Waals surface area contributed by atoms with Gasteiger partial charge >= 0.3 is 0 Å². The number of nitrogens with one attached hydrogen (secondary N) is 2. The van der Waals surface area contributed by atoms with Gasteiger partial charge < -0.3 is 10.6 Å². The number of rotatable bonds is 5. The number of nitro groups is 1. The van der Waals surface area contributed by atoms with E-state index in [9.17, 15) is 10.1 Å². The van der Waals surface area contributed by atoms with Crippen molar-refractivity contribution in [2.45, 2.75) is 26.3 Å². The van der Waals surface area contributed by atoms with E-state index in [1.807, 2.05) is 13.0 Å². The monoisotopic (exact) mass is 223 g/mol. The molecule has 2 N–H and O–H groups in total. The van der Waals surface area contributed by atoms with Crippen molar-refractivity contribution in [2.75, 3.05) is 17.7 Å². The van der Waals surface area contributed by atoms with Crippen molar-refractivity contribution in [3.05, 3.63) is 28.3 Å². The van der Waals surface area contributed by atoms with Crippen LogP contribution in [0.5, 0.6) is 0 Å². The molecule has 1 rings (SSSR count). The number of hydrogen-bond donors (Lipinski definition) is 2. The van der Waals surface area contributed by atoms with Gasteiger partial charge in [-0.1, -0.05) is 6.92 Å². The van der Waals surface area contributed by atoms with E-state index in [0.29, 0.717) is 6.04 Å². The highest BCUT2D eigenvalue weighted by Gasteiger charge is 2.10. The zero-order chi connectivity index (χ0) is 12.1. The summed E-state index contributed by atoms with van der Waals surface area (Å²) in [6.07, 6.45) is 0.970. The number of anilines is 2. The maximum Gasteiger partial charge on any atom is 0.273 e. The van der Waals surface area contributed by atoms with Gasteiger partial charge in [-0.2, -0.15) is 0 Å². The largest absolute Gasteiger partial charge is 0.388 e. The van der Waals surface area contributed by atoms with Gasteiger partial charge in [0.05, 0.1) is 4.92 Å². The van der Waals surface area contributed by atoms with Gasteiger partial charge in [0.2, 0.25) is 0 Å². The van der Waals surface area contributed by atoms with Crippen LogP contribution in [0, 0.1) is 10.1 Å². The van der Waals surface area contributed by atoms with E-state index in [2.05, 4.69) is 17.6 Å². The Morgan fingerprint density at radius 3 is 2.50 bits per heavy atom. The van der Waals surface area contributed by atoms with Crippen LogP contribution < -0.4 is 10.6 Å². The third-order valence-corrected chi connectivity index (χ3v) is 2.44. The molecule has 0 aromatic heterocycles. The first-order valence-electron chi connectivity index (χ1n) is 5.30. The van der Waals surface area contributed by atoms with Gasteiger partial charge in [0.25, 0.3) is 5.69 Å². The molecule has 1 aromatic rings. The number of non-ortho nitro benzene ring substituents is 1. The van der Waals surface area contributed by atoms with Crippen molar-refractivity contribution in [3.8, 4) is 0 Å². The molecule has 5 nitrogen and oxygen atoms in total. The Labute approximate surface area is 95.0 Å². The topological polar surface area (TPSA) is 67.2 Å². The highest BCUT2D eigenvalue weighted by Crippen LogP contribution is 2.24. The van der Waals surface area contributed by atoms with Crippen LogP contribution in [0.25, 0.3) is 0 Å². The minimum atomic E-state index is -0.386. The summed E-state index contributed by atoms with van der Waals surface area (Å²) in [5.74, 6) is 0. The first kappa shape index (κ1) is 12.3. The summed E-state index contributed by atoms with van der Waals surface area (Å²) in [4.78, 5) is 10.3. The second-order valence-electron chi connectivity index (χ2n) is 3.73. The van der Waals surface area contributed by atoms with Gasteiger partial charge in [-0.15, -0.1) is 0 Å². The van der Waals surface area contributed by atoms with Crippen LogP contribution >= 0.6 is 0 Å². The second-order valence-corrected chi connectivity index (χ2v) is 3.73. The number of nitro benzene ring substituents is 1. The fourth-order valence-corrected chi connectivity index (χ4v) is 1.33. The normalized spacial score (nSPS) is 11.9. The quantitative estimate of drug-likeness (QED) is 0.595. The van der Waals surface area contributed by atoms with Crippen molar-refractivity contribution < 1.29 is 4.92 Å². The minimum absolute atomic E-state index is 0.0950. The molecular formula is C11H17N3O2. The smallest absolute Gasteiger partial charge is 0.273 e. The van der Waals surface area contributed by atoms with E-state index >= 15 is 0 Å². The van der Waals surface area contributed by atoms with E-state index in [1.165, 1.54) is 6.07 Å². The van der Waals surface area contributed by atoms with Crippen LogP contribution in [0.15, 0.2) is 18.2 Å². The Kier molecular flexibility index (Phi) is 4.10. The molecule has 0 aliphatic carbocycles. The summed E-state index contributed by atoms with van der Waals surface area (Å²) in [7, 11) is 1.74. The first-order valence-corrected chi connectivity index (χ1v) is 5.30. The lowest BCUT2D eigenvalue weighted by Crippen LogP contribution is -2.13. The molecule has 0 saturated heterocycles. The van der Waals surface area contributed by atoms with Gasteiger partial charge in [0.15, 0.2) is 0 Å². The lowest BCUT2D eigenvalue weighted by Gasteiger charge is -2.13. The Morgan fingerprint density at radius 1 is 1.38 bits per heavy atom. The maximum atomic E-state index is 10.7. The molecule has 0 radical (unpaired) electrons. The summed E-state index contributed by atoms with van der Waals surface area (Å²) < 4.78 is 0. The molecule has 0 fully saturated rings. The third kappa shape index (κ3) is 3.12. The van der Waals surface area contributed by atoms with Crippen LogP contribution in [0.1, 0.15) is 20.3 Å². The predicted molar refractivity (Wildman–Crippen MR) is 66.0 cm³/mol. The van der Waals surface area contributed by atoms with Gasteiger partial charge in [-0.05, 0) is 19.4 Å². The average molecular weight is 223 g/mol. The zero-order valence-corrected chi connectivity index (χ0v) is 9.78. The SMILES string of the molecule is CCC(C)Nc1cc(NC)cc([N+](=O)[O-])c1. The minimum Gasteiger partial charge on any atom is -0.388 e. The van der Waals surface area contributed by atoms with Gasteiger partial charge in [-0.3, -0.25) is 10.1 Å². The fourth-order valence-electron chi connectivity index (χ4n) is 1.33. The molecule has 0 spiro atoms. The molecule has 0 saturated carbocycles. The summed E-state index contributed by atoms with van der Waals surface area (Å²) in [6, 6.07) is 5.22. The molecule has 16 heavy (non-hydrogen) atoms. The van der Waals surface area contributed by atoms with Crippen molar-refractivity contribution >= 4 is 17.1 Å². The molecule has 5 heteroatoms. The van der Waals surface area contributed by atoms with Crippen molar-refractivity contribution in [2.24, 2.45) is 0 Å². The Bertz CT molecular complexity index is 379. The summed E-state index contributed by atoms with van der Waals surface area (Å²) in [5.41, 5.74) is 1.60. The summed E-state index contributed by atoms with van der Waals surface area (Å²) in [5, 5.41) is 16.9. The molecule has 1 atom stereocenters. The van der Waals surface area contributed by atoms with E-state index in [4.69, 9.17) is 0 Å². The van der Waals surface area contributed by atoms with Crippen LogP contribution in [-0.4, -0.2) is 18.0 Å². The predicted octanol–water partition coefficient (Wildman–Crippen LogP) is 2.85. The molecule has 0 aliphatic heterocycles. The summed E-state index contributed by atoms with van der Waals surface area (Å²) >= 11 is 0. The van der Waals surface area contributed by atoms with E-state index in [1.54, 1.807) is 13.1 Å².